The normalized spacial score (nSPS) is 10.8. The van der Waals surface area contributed by atoms with Gasteiger partial charge in [0.25, 0.3) is 5.78 Å². The van der Waals surface area contributed by atoms with Crippen LogP contribution in [0, 0.1) is 13.8 Å². The average molecular weight is 283 g/mol. The second kappa shape index (κ2) is 5.40. The minimum atomic E-state index is 0.589. The molecule has 6 nitrogen and oxygen atoms in total. The molecule has 1 N–H and O–H groups in total. The van der Waals surface area contributed by atoms with Crippen LogP contribution in [0.2, 0.25) is 0 Å². The Morgan fingerprint density at radius 3 is 2.67 bits per heavy atom. The Hall–Kier alpha value is -2.63. The standard InChI is InChI=1S/C15H17N5O/c1-4-21-13-7-5-12(6-8-13)19-14-10(2)11(3)18-15-16-9-17-20(14)15/h5-9,19H,4H2,1-3H3. The summed E-state index contributed by atoms with van der Waals surface area (Å²) in [5.41, 5.74) is 2.94. The zero-order valence-corrected chi connectivity index (χ0v) is 12.3. The highest BCUT2D eigenvalue weighted by molar-refractivity contribution is 5.62. The molecule has 108 valence electrons. The Bertz CT molecular complexity index is 764. The van der Waals surface area contributed by atoms with E-state index in [-0.39, 0.29) is 0 Å². The molecule has 0 unspecified atom stereocenters. The van der Waals surface area contributed by atoms with Crippen molar-refractivity contribution in [2.24, 2.45) is 0 Å². The van der Waals surface area contributed by atoms with Crippen LogP contribution in [-0.4, -0.2) is 26.2 Å². The summed E-state index contributed by atoms with van der Waals surface area (Å²) >= 11 is 0. The molecule has 0 aliphatic heterocycles. The average Bonchev–Trinajstić information content (AvgIpc) is 2.94. The summed E-state index contributed by atoms with van der Waals surface area (Å²) in [6.07, 6.45) is 1.50. The summed E-state index contributed by atoms with van der Waals surface area (Å²) in [4.78, 5) is 8.55. The lowest BCUT2D eigenvalue weighted by Crippen LogP contribution is -2.06. The molecule has 0 fully saturated rings. The topological polar surface area (TPSA) is 64.3 Å². The van der Waals surface area contributed by atoms with Gasteiger partial charge < -0.3 is 10.1 Å². The first-order valence-corrected chi connectivity index (χ1v) is 6.86. The number of aromatic nitrogens is 4. The summed E-state index contributed by atoms with van der Waals surface area (Å²) in [5.74, 6) is 2.32. The van der Waals surface area contributed by atoms with Gasteiger partial charge in [0.15, 0.2) is 0 Å². The molecule has 0 saturated heterocycles. The summed E-state index contributed by atoms with van der Waals surface area (Å²) < 4.78 is 7.15. The maximum Gasteiger partial charge on any atom is 0.254 e. The Labute approximate surface area is 122 Å². The van der Waals surface area contributed by atoms with Gasteiger partial charge in [0.05, 0.1) is 6.61 Å². The van der Waals surface area contributed by atoms with Crippen molar-refractivity contribution < 1.29 is 4.74 Å². The van der Waals surface area contributed by atoms with E-state index >= 15 is 0 Å². The van der Waals surface area contributed by atoms with Gasteiger partial charge in [-0.15, -0.1) is 0 Å². The first-order chi connectivity index (χ1) is 10.2. The van der Waals surface area contributed by atoms with Gasteiger partial charge in [-0.05, 0) is 45.0 Å². The molecule has 0 radical (unpaired) electrons. The fraction of sp³-hybridized carbons (Fsp3) is 0.267. The van der Waals surface area contributed by atoms with E-state index in [1.54, 1.807) is 4.52 Å². The highest BCUT2D eigenvalue weighted by Crippen LogP contribution is 2.24. The second-order valence-electron chi connectivity index (χ2n) is 4.73. The largest absolute Gasteiger partial charge is 0.494 e. The Morgan fingerprint density at radius 1 is 1.19 bits per heavy atom. The van der Waals surface area contributed by atoms with Crippen molar-refractivity contribution >= 4 is 17.3 Å². The van der Waals surface area contributed by atoms with Gasteiger partial charge in [0, 0.05) is 16.9 Å². The minimum Gasteiger partial charge on any atom is -0.494 e. The lowest BCUT2D eigenvalue weighted by Gasteiger charge is -2.13. The van der Waals surface area contributed by atoms with Crippen molar-refractivity contribution in [2.75, 3.05) is 11.9 Å². The maximum absolute atomic E-state index is 5.45. The van der Waals surface area contributed by atoms with E-state index < -0.39 is 0 Å². The molecule has 0 atom stereocenters. The van der Waals surface area contributed by atoms with Gasteiger partial charge in [0.2, 0.25) is 0 Å². The number of ether oxygens (including phenoxy) is 1. The van der Waals surface area contributed by atoms with Crippen LogP contribution in [0.1, 0.15) is 18.2 Å². The molecule has 0 saturated carbocycles. The van der Waals surface area contributed by atoms with Crippen LogP contribution in [0.25, 0.3) is 5.78 Å². The van der Waals surface area contributed by atoms with Crippen molar-refractivity contribution in [2.45, 2.75) is 20.8 Å². The first-order valence-electron chi connectivity index (χ1n) is 6.86. The second-order valence-corrected chi connectivity index (χ2v) is 4.73. The van der Waals surface area contributed by atoms with Crippen molar-refractivity contribution in [1.29, 1.82) is 0 Å². The number of nitrogens with zero attached hydrogens (tertiary/aromatic N) is 4. The van der Waals surface area contributed by atoms with Gasteiger partial charge >= 0.3 is 0 Å². The number of benzene rings is 1. The predicted molar refractivity (Wildman–Crippen MR) is 81.1 cm³/mol. The summed E-state index contributed by atoms with van der Waals surface area (Å²) in [7, 11) is 0. The van der Waals surface area contributed by atoms with Gasteiger partial charge in [-0.1, -0.05) is 0 Å². The van der Waals surface area contributed by atoms with E-state index in [0.29, 0.717) is 12.4 Å². The number of hydrogen-bond acceptors (Lipinski definition) is 5. The van der Waals surface area contributed by atoms with Crippen LogP contribution in [0.15, 0.2) is 30.6 Å². The van der Waals surface area contributed by atoms with Gasteiger partial charge in [-0.2, -0.15) is 14.6 Å². The molecule has 0 aliphatic carbocycles. The molecule has 0 spiro atoms. The van der Waals surface area contributed by atoms with E-state index in [0.717, 1.165) is 28.5 Å². The van der Waals surface area contributed by atoms with E-state index in [9.17, 15) is 0 Å². The number of rotatable bonds is 4. The van der Waals surface area contributed by atoms with Gasteiger partial charge in [-0.3, -0.25) is 0 Å². The third-order valence-corrected chi connectivity index (χ3v) is 3.34. The fourth-order valence-electron chi connectivity index (χ4n) is 2.12. The van der Waals surface area contributed by atoms with Crippen LogP contribution >= 0.6 is 0 Å². The molecular formula is C15H17N5O. The third-order valence-electron chi connectivity index (χ3n) is 3.34. The summed E-state index contributed by atoms with van der Waals surface area (Å²) in [6, 6.07) is 7.83. The smallest absolute Gasteiger partial charge is 0.254 e. The Kier molecular flexibility index (Phi) is 3.43. The molecule has 0 bridgehead atoms. The first kappa shape index (κ1) is 13.4. The molecule has 2 aromatic heterocycles. The highest BCUT2D eigenvalue weighted by atomic mass is 16.5. The molecule has 3 rings (SSSR count). The lowest BCUT2D eigenvalue weighted by molar-refractivity contribution is 0.340. The molecule has 0 amide bonds. The summed E-state index contributed by atoms with van der Waals surface area (Å²) in [6.45, 7) is 6.61. The Morgan fingerprint density at radius 2 is 1.95 bits per heavy atom. The minimum absolute atomic E-state index is 0.589. The molecule has 0 aliphatic rings. The van der Waals surface area contributed by atoms with Crippen LogP contribution < -0.4 is 10.1 Å². The number of anilines is 2. The zero-order chi connectivity index (χ0) is 14.8. The molecule has 6 heteroatoms. The monoisotopic (exact) mass is 283 g/mol. The van der Waals surface area contributed by atoms with E-state index in [2.05, 4.69) is 20.4 Å². The third kappa shape index (κ3) is 2.52. The molecular weight excluding hydrogens is 266 g/mol. The number of fused-ring (bicyclic) bond motifs is 1. The van der Waals surface area contributed by atoms with Crippen LogP contribution in [0.5, 0.6) is 5.75 Å². The zero-order valence-electron chi connectivity index (χ0n) is 12.3. The molecule has 1 aromatic carbocycles. The summed E-state index contributed by atoms with van der Waals surface area (Å²) in [5, 5.41) is 7.60. The van der Waals surface area contributed by atoms with E-state index in [4.69, 9.17) is 4.74 Å². The Balaban J connectivity index is 1.97. The number of aryl methyl sites for hydroxylation is 1. The van der Waals surface area contributed by atoms with Crippen molar-refractivity contribution in [1.82, 2.24) is 19.6 Å². The maximum atomic E-state index is 5.45. The lowest BCUT2D eigenvalue weighted by atomic mass is 10.2. The highest BCUT2D eigenvalue weighted by Gasteiger charge is 2.11. The van der Waals surface area contributed by atoms with Crippen LogP contribution in [0.4, 0.5) is 11.5 Å². The number of nitrogens with one attached hydrogen (secondary N) is 1. The van der Waals surface area contributed by atoms with Crippen LogP contribution in [0.3, 0.4) is 0 Å². The molecule has 2 heterocycles. The predicted octanol–water partition coefficient (Wildman–Crippen LogP) is 2.88. The molecule has 21 heavy (non-hydrogen) atoms. The van der Waals surface area contributed by atoms with Crippen molar-refractivity contribution in [3.63, 3.8) is 0 Å². The van der Waals surface area contributed by atoms with E-state index in [1.807, 2.05) is 45.0 Å². The van der Waals surface area contributed by atoms with Crippen molar-refractivity contribution in [3.05, 3.63) is 41.9 Å². The number of hydrogen-bond donors (Lipinski definition) is 1. The van der Waals surface area contributed by atoms with E-state index in [1.165, 1.54) is 6.33 Å². The molecule has 3 aromatic rings. The SMILES string of the molecule is CCOc1ccc(Nc2c(C)c(C)nc3ncnn23)cc1. The van der Waals surface area contributed by atoms with Crippen LogP contribution in [-0.2, 0) is 0 Å². The van der Waals surface area contributed by atoms with Gasteiger partial charge in [-0.25, -0.2) is 4.98 Å². The quantitative estimate of drug-likeness (QED) is 0.797. The fourth-order valence-corrected chi connectivity index (χ4v) is 2.12. The van der Waals surface area contributed by atoms with Crippen molar-refractivity contribution in [3.8, 4) is 5.75 Å². The van der Waals surface area contributed by atoms with Gasteiger partial charge in [0.1, 0.15) is 17.9 Å².